The van der Waals surface area contributed by atoms with Gasteiger partial charge >= 0.3 is 0 Å². The number of methoxy groups -OCH3 is 1. The monoisotopic (exact) mass is 261 g/mol. The molecule has 1 rings (SSSR count). The molecule has 0 radical (unpaired) electrons. The van der Waals surface area contributed by atoms with Gasteiger partial charge in [0.15, 0.2) is 11.5 Å². The van der Waals surface area contributed by atoms with Crippen molar-refractivity contribution in [1.82, 2.24) is 5.32 Å². The lowest BCUT2D eigenvalue weighted by molar-refractivity contribution is -0.120. The summed E-state index contributed by atoms with van der Waals surface area (Å²) in [6.07, 6.45) is 1.13. The highest BCUT2D eigenvalue weighted by atomic mass is 16.5. The van der Waals surface area contributed by atoms with Crippen LogP contribution in [0, 0.1) is 11.8 Å². The third-order valence-electron chi connectivity index (χ3n) is 2.62. The highest BCUT2D eigenvalue weighted by molar-refractivity contribution is 5.75. The third kappa shape index (κ3) is 4.92. The molecular formula is C15H19NO3. The molecule has 1 aromatic rings. The predicted octanol–water partition coefficient (Wildman–Crippen LogP) is 1.78. The average molecular weight is 261 g/mol. The van der Waals surface area contributed by atoms with Gasteiger partial charge in [-0.05, 0) is 31.0 Å². The topological polar surface area (TPSA) is 47.6 Å². The first-order valence-corrected chi connectivity index (χ1v) is 6.11. The van der Waals surface area contributed by atoms with E-state index in [9.17, 15) is 4.79 Å². The number of hydrogen-bond donors (Lipinski definition) is 1. The summed E-state index contributed by atoms with van der Waals surface area (Å²) >= 11 is 0. The van der Waals surface area contributed by atoms with Gasteiger partial charge in [-0.1, -0.05) is 12.0 Å². The van der Waals surface area contributed by atoms with Crippen molar-refractivity contribution in [2.45, 2.75) is 19.8 Å². The summed E-state index contributed by atoms with van der Waals surface area (Å²) in [6, 6.07) is 5.66. The minimum Gasteiger partial charge on any atom is -0.493 e. The van der Waals surface area contributed by atoms with Crippen LogP contribution in [0.5, 0.6) is 11.5 Å². The summed E-state index contributed by atoms with van der Waals surface area (Å²) < 4.78 is 10.8. The molecule has 0 aromatic heterocycles. The molecule has 1 amide bonds. The second-order valence-electron chi connectivity index (χ2n) is 3.87. The van der Waals surface area contributed by atoms with Crippen LogP contribution in [0.2, 0.25) is 0 Å². The maximum Gasteiger partial charge on any atom is 0.220 e. The van der Waals surface area contributed by atoms with Gasteiger partial charge in [-0.15, -0.1) is 5.92 Å². The van der Waals surface area contributed by atoms with E-state index in [1.54, 1.807) is 21.1 Å². The minimum absolute atomic E-state index is 0.0255. The standard InChI is InChI=1S/C15H19NO3/c1-4-5-10-19-13-8-6-12(11-14(13)18-3)7-9-15(17)16-2/h6,8,11H,7,9-10H2,1-3H3,(H,16,17). The number of amides is 1. The van der Waals surface area contributed by atoms with E-state index in [2.05, 4.69) is 17.2 Å². The largest absolute Gasteiger partial charge is 0.493 e. The zero-order valence-electron chi connectivity index (χ0n) is 11.6. The summed E-state index contributed by atoms with van der Waals surface area (Å²) in [5.74, 6) is 6.94. The maximum absolute atomic E-state index is 11.2. The lowest BCUT2D eigenvalue weighted by Gasteiger charge is -2.10. The van der Waals surface area contributed by atoms with Crippen molar-refractivity contribution in [3.63, 3.8) is 0 Å². The first-order valence-electron chi connectivity index (χ1n) is 6.11. The first kappa shape index (κ1) is 14.9. The second kappa shape index (κ2) is 8.04. The smallest absolute Gasteiger partial charge is 0.220 e. The average Bonchev–Trinajstić information content (AvgIpc) is 2.45. The van der Waals surface area contributed by atoms with Gasteiger partial charge in [0.25, 0.3) is 0 Å². The van der Waals surface area contributed by atoms with Gasteiger partial charge in [-0.2, -0.15) is 0 Å². The molecule has 0 unspecified atom stereocenters. The molecule has 0 aliphatic carbocycles. The highest BCUT2D eigenvalue weighted by Gasteiger charge is 2.06. The maximum atomic E-state index is 11.2. The van der Waals surface area contributed by atoms with Crippen LogP contribution in [0.3, 0.4) is 0 Å². The van der Waals surface area contributed by atoms with E-state index in [1.165, 1.54) is 0 Å². The third-order valence-corrected chi connectivity index (χ3v) is 2.62. The van der Waals surface area contributed by atoms with E-state index >= 15 is 0 Å². The van der Waals surface area contributed by atoms with E-state index in [1.807, 2.05) is 18.2 Å². The van der Waals surface area contributed by atoms with Gasteiger partial charge in [0.1, 0.15) is 6.61 Å². The fourth-order valence-corrected chi connectivity index (χ4v) is 1.56. The van der Waals surface area contributed by atoms with Crippen molar-refractivity contribution >= 4 is 5.91 Å². The Morgan fingerprint density at radius 3 is 2.79 bits per heavy atom. The molecule has 0 saturated carbocycles. The fraction of sp³-hybridized carbons (Fsp3) is 0.400. The van der Waals surface area contributed by atoms with E-state index in [4.69, 9.17) is 9.47 Å². The van der Waals surface area contributed by atoms with E-state index in [0.29, 0.717) is 30.9 Å². The molecule has 19 heavy (non-hydrogen) atoms. The summed E-state index contributed by atoms with van der Waals surface area (Å²) in [4.78, 5) is 11.2. The normalized spacial score (nSPS) is 9.21. The molecule has 0 bridgehead atoms. The SMILES string of the molecule is CC#CCOc1ccc(CCC(=O)NC)cc1OC. The molecule has 0 heterocycles. The number of nitrogens with one attached hydrogen (secondary N) is 1. The molecule has 102 valence electrons. The summed E-state index contributed by atoms with van der Waals surface area (Å²) in [5, 5.41) is 2.60. The molecule has 0 aliphatic heterocycles. The summed E-state index contributed by atoms with van der Waals surface area (Å²) in [5.41, 5.74) is 1.04. The molecular weight excluding hydrogens is 242 g/mol. The van der Waals surface area contributed by atoms with E-state index in [-0.39, 0.29) is 5.91 Å². The Kier molecular flexibility index (Phi) is 6.31. The van der Waals surface area contributed by atoms with Gasteiger partial charge < -0.3 is 14.8 Å². The predicted molar refractivity (Wildman–Crippen MR) is 74.3 cm³/mol. The second-order valence-corrected chi connectivity index (χ2v) is 3.87. The Morgan fingerprint density at radius 1 is 1.37 bits per heavy atom. The number of carbonyl (C=O) groups is 1. The molecule has 0 spiro atoms. The fourth-order valence-electron chi connectivity index (χ4n) is 1.56. The number of rotatable bonds is 6. The molecule has 0 saturated heterocycles. The molecule has 0 aliphatic rings. The minimum atomic E-state index is 0.0255. The summed E-state index contributed by atoms with van der Waals surface area (Å²) in [7, 11) is 3.23. The van der Waals surface area contributed by atoms with Crippen molar-refractivity contribution in [2.75, 3.05) is 20.8 Å². The van der Waals surface area contributed by atoms with Gasteiger partial charge in [-0.25, -0.2) is 0 Å². The van der Waals surface area contributed by atoms with Crippen molar-refractivity contribution < 1.29 is 14.3 Å². The van der Waals surface area contributed by atoms with Crippen LogP contribution >= 0.6 is 0 Å². The van der Waals surface area contributed by atoms with Gasteiger partial charge in [-0.3, -0.25) is 4.79 Å². The number of aryl methyl sites for hydroxylation is 1. The van der Waals surface area contributed by atoms with Gasteiger partial charge in [0.2, 0.25) is 5.91 Å². The molecule has 4 heteroatoms. The van der Waals surface area contributed by atoms with Crippen molar-refractivity contribution in [3.05, 3.63) is 23.8 Å². The Bertz CT molecular complexity index is 486. The van der Waals surface area contributed by atoms with Crippen molar-refractivity contribution in [2.24, 2.45) is 0 Å². The lowest BCUT2D eigenvalue weighted by atomic mass is 10.1. The van der Waals surface area contributed by atoms with Crippen molar-refractivity contribution in [1.29, 1.82) is 0 Å². The van der Waals surface area contributed by atoms with Crippen LogP contribution in [0.4, 0.5) is 0 Å². The number of benzene rings is 1. The molecule has 1 aromatic carbocycles. The zero-order chi connectivity index (χ0) is 14.1. The molecule has 1 N–H and O–H groups in total. The zero-order valence-corrected chi connectivity index (χ0v) is 11.6. The number of ether oxygens (including phenoxy) is 2. The van der Waals surface area contributed by atoms with Crippen molar-refractivity contribution in [3.8, 4) is 23.3 Å². The summed E-state index contributed by atoms with van der Waals surface area (Å²) in [6.45, 7) is 2.10. The van der Waals surface area contributed by atoms with Crippen LogP contribution in [-0.2, 0) is 11.2 Å². The molecule has 4 nitrogen and oxygen atoms in total. The molecule has 0 atom stereocenters. The van der Waals surface area contributed by atoms with Gasteiger partial charge in [0, 0.05) is 13.5 Å². The Morgan fingerprint density at radius 2 is 2.16 bits per heavy atom. The Balaban J connectivity index is 2.70. The first-order chi connectivity index (χ1) is 9.21. The van der Waals surface area contributed by atoms with Crippen LogP contribution < -0.4 is 14.8 Å². The van der Waals surface area contributed by atoms with E-state index < -0.39 is 0 Å². The highest BCUT2D eigenvalue weighted by Crippen LogP contribution is 2.28. The molecule has 0 fully saturated rings. The quantitative estimate of drug-likeness (QED) is 0.794. The Hall–Kier alpha value is -2.15. The number of carbonyl (C=O) groups excluding carboxylic acids is 1. The van der Waals surface area contributed by atoms with Crippen LogP contribution in [0.15, 0.2) is 18.2 Å². The lowest BCUT2D eigenvalue weighted by Crippen LogP contribution is -2.17. The Labute approximate surface area is 114 Å². The van der Waals surface area contributed by atoms with Gasteiger partial charge in [0.05, 0.1) is 7.11 Å². The van der Waals surface area contributed by atoms with E-state index in [0.717, 1.165) is 5.56 Å². The van der Waals surface area contributed by atoms with Crippen LogP contribution in [0.1, 0.15) is 18.9 Å². The van der Waals surface area contributed by atoms with Crippen LogP contribution in [-0.4, -0.2) is 26.7 Å². The number of hydrogen-bond acceptors (Lipinski definition) is 3. The van der Waals surface area contributed by atoms with Crippen LogP contribution in [0.25, 0.3) is 0 Å².